The first-order valence-electron chi connectivity index (χ1n) is 14.5. The number of carbonyl (C=O) groups is 5. The van der Waals surface area contributed by atoms with Crippen LogP contribution in [0, 0.1) is 30.7 Å². The number of hydrogen-bond acceptors (Lipinski definition) is 6. The van der Waals surface area contributed by atoms with Gasteiger partial charge in [0, 0.05) is 65.9 Å². The normalized spacial score (nSPS) is 16.0. The minimum atomic E-state index is -0.696. The molecule has 225 valence electrons. The van der Waals surface area contributed by atoms with Crippen molar-refractivity contribution in [2.75, 3.05) is 13.1 Å². The minimum absolute atomic E-state index is 0. The van der Waals surface area contributed by atoms with E-state index in [1.807, 2.05) is 44.4 Å². The number of ketones is 1. The third kappa shape index (κ3) is 15.9. The number of unbranched alkanes of at least 4 members (excludes halogenated alkanes) is 2. The average Bonchev–Trinajstić information content (AvgIpc) is 3.19. The van der Waals surface area contributed by atoms with Crippen LogP contribution in [0.1, 0.15) is 79.1 Å². The van der Waals surface area contributed by atoms with Crippen LogP contribution in [-0.2, 0) is 56.7 Å². The van der Waals surface area contributed by atoms with Crippen LogP contribution in [0.15, 0.2) is 24.3 Å². The van der Waals surface area contributed by atoms with Gasteiger partial charge in [-0.1, -0.05) is 40.5 Å². The summed E-state index contributed by atoms with van der Waals surface area (Å²) in [5, 5.41) is 5.20. The van der Waals surface area contributed by atoms with E-state index in [4.69, 9.17) is 7.10 Å². The minimum Gasteiger partial charge on any atom is -0.541 e. The van der Waals surface area contributed by atoms with Gasteiger partial charge in [0.2, 0.25) is 17.7 Å². The van der Waals surface area contributed by atoms with Crippen LogP contribution in [0.3, 0.4) is 0 Å². The van der Waals surface area contributed by atoms with Gasteiger partial charge in [0.25, 0.3) is 0 Å². The summed E-state index contributed by atoms with van der Waals surface area (Å²) >= 11 is 0. The maximum absolute atomic E-state index is 12.7. The number of Topliss-reactive ketones (excluding diaryl/α,β-unsaturated/α-hetero) is 1. The molecule has 0 bridgehead atoms. The number of likely N-dealkylation sites (tertiary alicyclic amines) is 1. The third-order valence-corrected chi connectivity index (χ3v) is 6.52. The Hall–Kier alpha value is -2.46. The quantitative estimate of drug-likeness (QED) is 0.143. The molecule has 0 spiro atoms. The van der Waals surface area contributed by atoms with Crippen LogP contribution < -0.4 is 16.4 Å². The zero-order chi connectivity index (χ0) is 30.8. The molecule has 1 fully saturated rings. The molecule has 0 aromatic heterocycles. The van der Waals surface area contributed by atoms with Crippen molar-refractivity contribution in [3.63, 3.8) is 0 Å². The predicted molar refractivity (Wildman–Crippen MR) is 151 cm³/mol. The number of hydrogen-bond donors (Lipinski definition) is 3. The molecule has 3 atom stereocenters. The Morgan fingerprint density at radius 3 is 2.37 bits per heavy atom. The van der Waals surface area contributed by atoms with Gasteiger partial charge in [0.1, 0.15) is 0 Å². The van der Waals surface area contributed by atoms with E-state index in [2.05, 4.69) is 16.7 Å². The number of carbonyl (C=O) groups excluding carboxylic acids is 6. The van der Waals surface area contributed by atoms with Crippen molar-refractivity contribution >= 4 is 35.8 Å². The summed E-state index contributed by atoms with van der Waals surface area (Å²) in [6.45, 7) is 6.44. The van der Waals surface area contributed by atoms with Crippen LogP contribution >= 0.6 is 0 Å². The number of primary amides is 1. The Morgan fingerprint density at radius 1 is 1.17 bits per heavy atom. The molecule has 10 nitrogen and oxygen atoms in total. The van der Waals surface area contributed by atoms with E-state index in [1.165, 1.54) is 4.90 Å². The molecule has 1 unspecified atom stereocenters. The Labute approximate surface area is 270 Å². The summed E-state index contributed by atoms with van der Waals surface area (Å²) in [6.07, 6.45) is 5.10. The molecule has 1 saturated heterocycles. The zero-order valence-electron chi connectivity index (χ0n) is 25.4. The Balaban J connectivity index is 0.00000160. The van der Waals surface area contributed by atoms with Crippen LogP contribution in [0.4, 0.5) is 4.79 Å². The van der Waals surface area contributed by atoms with Gasteiger partial charge in [-0.15, -0.1) is 5.92 Å². The maximum Gasteiger partial charge on any atom is 0.312 e. The predicted octanol–water partition coefficient (Wildman–Crippen LogP) is 3.01. The summed E-state index contributed by atoms with van der Waals surface area (Å²) in [5.41, 5.74) is 6.03. The van der Waals surface area contributed by atoms with Crippen LogP contribution in [0.25, 0.3) is 0 Å². The molecular weight excluding hydrogens is 601 g/mol. The molecular formula is C30H44N4O6Y-2. The van der Waals surface area contributed by atoms with Crippen molar-refractivity contribution in [2.45, 2.75) is 85.1 Å². The van der Waals surface area contributed by atoms with Crippen molar-refractivity contribution in [3.8, 4) is 0 Å². The van der Waals surface area contributed by atoms with Gasteiger partial charge >= 0.3 is 6.03 Å². The number of imide groups is 1. The first-order chi connectivity index (χ1) is 19.5. The smallest absolute Gasteiger partial charge is 0.312 e. The summed E-state index contributed by atoms with van der Waals surface area (Å²) in [6, 6.07) is 8.98. The largest absolute Gasteiger partial charge is 0.541 e. The number of rotatable bonds is 16. The molecule has 1 aliphatic rings. The van der Waals surface area contributed by atoms with Crippen LogP contribution in [-0.4, -0.2) is 59.9 Å². The summed E-state index contributed by atoms with van der Waals surface area (Å²) < 4.78 is 6.93. The standard InChI is InChI=1S/C23H37N4O6.C7H7.Y/c1-15(2)21(18(29)13-17(14-28)8-7-10-25-23(24)33)26-19(30)9-5-4-6-11-27-20(31)12-16(3)22(27)32;1-7-5-3-2-4-6-7;/h15-17,21H,4-13H2,1-3H3,(H,26,30)(H3,24,25,33);3-6H,1H3;/q2*-1;/t16?,17-,21+;;/m1../s1/i;1D;. The summed E-state index contributed by atoms with van der Waals surface area (Å²) in [5.74, 6) is -1.75. The van der Waals surface area contributed by atoms with Crippen LogP contribution in [0.2, 0.25) is 0 Å². The van der Waals surface area contributed by atoms with Crippen LogP contribution in [0.5, 0.6) is 0 Å². The topological polar surface area (TPSA) is 156 Å². The Morgan fingerprint density at radius 2 is 1.85 bits per heavy atom. The van der Waals surface area contributed by atoms with E-state index in [1.54, 1.807) is 6.92 Å². The monoisotopic (exact) mass is 646 g/mol. The second kappa shape index (κ2) is 21.3. The van der Waals surface area contributed by atoms with Crippen molar-refractivity contribution in [2.24, 2.45) is 23.5 Å². The fraction of sp³-hybridized carbons (Fsp3) is 0.600. The molecule has 0 aliphatic carbocycles. The van der Waals surface area contributed by atoms with Gasteiger partial charge in [-0.05, 0) is 31.6 Å². The fourth-order valence-electron chi connectivity index (χ4n) is 4.23. The number of nitrogens with one attached hydrogen (secondary N) is 2. The van der Waals surface area contributed by atoms with E-state index in [0.717, 1.165) is 5.56 Å². The maximum atomic E-state index is 12.7. The molecule has 41 heavy (non-hydrogen) atoms. The zero-order valence-corrected chi connectivity index (χ0v) is 27.3. The number of aryl methyl sites for hydroxylation is 1. The van der Waals surface area contributed by atoms with E-state index in [-0.39, 0.29) is 87.3 Å². The van der Waals surface area contributed by atoms with Gasteiger partial charge < -0.3 is 21.2 Å². The van der Waals surface area contributed by atoms with Crippen molar-refractivity contribution in [1.82, 2.24) is 15.5 Å². The molecule has 1 aromatic rings. The molecule has 2 rings (SSSR count). The second-order valence-electron chi connectivity index (χ2n) is 10.4. The van der Waals surface area contributed by atoms with Gasteiger partial charge in [0.05, 0.1) is 6.04 Å². The first-order valence-corrected chi connectivity index (χ1v) is 13.8. The molecule has 1 heterocycles. The SMILES string of the molecule is CC1CC(=O)N(CCCCCC(=O)N[C@H](C(=O)C[C@H]([C-]=O)CCCNC(N)=O)C(C)C)C1=O.[2H]Cc1cc[c-]cc1.[Y]. The third-order valence-electron chi connectivity index (χ3n) is 6.52. The number of urea groups is 1. The molecule has 4 N–H and O–H groups in total. The molecule has 0 saturated carbocycles. The molecule has 1 aromatic carbocycles. The molecule has 5 amide bonds. The van der Waals surface area contributed by atoms with Crippen molar-refractivity contribution < 1.29 is 62.8 Å². The first kappa shape index (κ1) is 36.6. The average molecular weight is 647 g/mol. The number of amides is 5. The Kier molecular flexibility index (Phi) is 19.0. The molecule has 1 aliphatic heterocycles. The number of nitrogens with two attached hydrogens (primary N) is 1. The Bertz CT molecular complexity index is 1010. The molecule has 11 heteroatoms. The summed E-state index contributed by atoms with van der Waals surface area (Å²) in [7, 11) is 0. The van der Waals surface area contributed by atoms with Gasteiger partial charge in [-0.2, -0.15) is 35.9 Å². The van der Waals surface area contributed by atoms with Gasteiger partial charge in [0.15, 0.2) is 5.78 Å². The molecule has 1 radical (unpaired) electrons. The van der Waals surface area contributed by atoms with E-state index in [0.29, 0.717) is 52.1 Å². The van der Waals surface area contributed by atoms with Gasteiger partial charge in [-0.25, -0.2) is 4.79 Å². The van der Waals surface area contributed by atoms with E-state index < -0.39 is 18.0 Å². The van der Waals surface area contributed by atoms with Crippen molar-refractivity contribution in [1.29, 1.82) is 0 Å². The number of nitrogens with zero attached hydrogens (tertiary/aromatic N) is 1. The van der Waals surface area contributed by atoms with E-state index in [9.17, 15) is 28.8 Å². The van der Waals surface area contributed by atoms with Gasteiger partial charge in [-0.3, -0.25) is 30.4 Å². The summed E-state index contributed by atoms with van der Waals surface area (Å²) in [4.78, 5) is 71.9. The second-order valence-corrected chi connectivity index (χ2v) is 10.4. The number of benzene rings is 1. The van der Waals surface area contributed by atoms with Crippen molar-refractivity contribution in [3.05, 3.63) is 35.9 Å². The van der Waals surface area contributed by atoms with E-state index >= 15 is 0 Å². The fourth-order valence-corrected chi connectivity index (χ4v) is 4.23.